The highest BCUT2D eigenvalue weighted by atomic mass is 16.2. The van der Waals surface area contributed by atoms with Gasteiger partial charge >= 0.3 is 6.03 Å². The minimum absolute atomic E-state index is 0.0489. The summed E-state index contributed by atoms with van der Waals surface area (Å²) in [6.45, 7) is 2.26. The molecule has 0 saturated heterocycles. The molecule has 0 fully saturated rings. The van der Waals surface area contributed by atoms with E-state index in [0.717, 1.165) is 23.1 Å². The van der Waals surface area contributed by atoms with Crippen molar-refractivity contribution in [1.82, 2.24) is 15.3 Å². The van der Waals surface area contributed by atoms with Gasteiger partial charge < -0.3 is 10.6 Å². The molecular formula is C22H22N4O2. The van der Waals surface area contributed by atoms with Crippen LogP contribution in [0.15, 0.2) is 67.1 Å². The van der Waals surface area contributed by atoms with Crippen molar-refractivity contribution in [1.29, 1.82) is 0 Å². The Morgan fingerprint density at radius 3 is 2.46 bits per heavy atom. The lowest BCUT2D eigenvalue weighted by Crippen LogP contribution is -2.28. The number of nitrogens with one attached hydrogen (secondary N) is 2. The van der Waals surface area contributed by atoms with Gasteiger partial charge in [-0.2, -0.15) is 0 Å². The molecule has 6 nitrogen and oxygen atoms in total. The molecule has 0 aliphatic rings. The monoisotopic (exact) mass is 374 g/mol. The topological polar surface area (TPSA) is 84.0 Å². The Labute approximate surface area is 164 Å². The molecule has 0 radical (unpaired) electrons. The molecule has 0 spiro atoms. The highest BCUT2D eigenvalue weighted by Crippen LogP contribution is 2.12. The summed E-state index contributed by atoms with van der Waals surface area (Å²) >= 11 is 0. The van der Waals surface area contributed by atoms with Crippen molar-refractivity contribution in [2.75, 3.05) is 5.32 Å². The minimum atomic E-state index is -0.276. The van der Waals surface area contributed by atoms with Crippen LogP contribution in [0.25, 0.3) is 0 Å². The van der Waals surface area contributed by atoms with Crippen molar-refractivity contribution in [3.8, 4) is 0 Å². The van der Waals surface area contributed by atoms with Gasteiger partial charge in [0, 0.05) is 25.4 Å². The van der Waals surface area contributed by atoms with Gasteiger partial charge in [-0.05, 0) is 47.4 Å². The summed E-state index contributed by atoms with van der Waals surface area (Å²) in [4.78, 5) is 31.8. The maximum absolute atomic E-state index is 11.9. The zero-order valence-corrected chi connectivity index (χ0v) is 15.7. The average molecular weight is 374 g/mol. The maximum Gasteiger partial charge on any atom is 0.319 e. The van der Waals surface area contributed by atoms with Crippen molar-refractivity contribution < 1.29 is 9.59 Å². The summed E-state index contributed by atoms with van der Waals surface area (Å²) < 4.78 is 0. The van der Waals surface area contributed by atoms with Crippen molar-refractivity contribution in [3.63, 3.8) is 0 Å². The lowest BCUT2D eigenvalue weighted by atomic mass is 10.0. The molecule has 0 atom stereocenters. The van der Waals surface area contributed by atoms with E-state index in [-0.39, 0.29) is 11.8 Å². The molecule has 1 aromatic carbocycles. The van der Waals surface area contributed by atoms with Crippen LogP contribution >= 0.6 is 0 Å². The van der Waals surface area contributed by atoms with Crippen LogP contribution < -0.4 is 10.6 Å². The second-order valence-corrected chi connectivity index (χ2v) is 6.37. The first-order valence-electron chi connectivity index (χ1n) is 9.15. The number of urea groups is 1. The fourth-order valence-electron chi connectivity index (χ4n) is 2.72. The van der Waals surface area contributed by atoms with Gasteiger partial charge in [0.2, 0.25) is 0 Å². The molecule has 28 heavy (non-hydrogen) atoms. The second kappa shape index (κ2) is 9.41. The normalized spacial score (nSPS) is 10.3. The molecule has 3 rings (SSSR count). The molecular weight excluding hydrogens is 352 g/mol. The summed E-state index contributed by atoms with van der Waals surface area (Å²) in [6.07, 6.45) is 6.09. The number of carbonyl (C=O) groups is 2. The number of Topliss-reactive ketones (excluding diaryl/α,β-unsaturated/α-hetero) is 1. The molecule has 0 unspecified atom stereocenters. The molecule has 0 aliphatic heterocycles. The number of amides is 2. The van der Waals surface area contributed by atoms with Gasteiger partial charge in [-0.15, -0.1) is 0 Å². The fourth-order valence-corrected chi connectivity index (χ4v) is 2.72. The summed E-state index contributed by atoms with van der Waals surface area (Å²) in [5, 5.41) is 5.55. The van der Waals surface area contributed by atoms with Gasteiger partial charge in [0.15, 0.2) is 5.78 Å². The van der Waals surface area contributed by atoms with E-state index in [4.69, 9.17) is 0 Å². The van der Waals surface area contributed by atoms with Crippen LogP contribution in [0.2, 0.25) is 0 Å². The zero-order valence-electron chi connectivity index (χ0n) is 15.7. The molecule has 0 saturated carbocycles. The molecule has 6 heteroatoms. The first-order chi connectivity index (χ1) is 13.6. The van der Waals surface area contributed by atoms with Crippen LogP contribution in [0, 0.1) is 0 Å². The predicted molar refractivity (Wildman–Crippen MR) is 108 cm³/mol. The van der Waals surface area contributed by atoms with Crippen LogP contribution in [0.5, 0.6) is 0 Å². The molecule has 2 heterocycles. The molecule has 0 aliphatic carbocycles. The number of ketones is 1. The van der Waals surface area contributed by atoms with Gasteiger partial charge in [0.25, 0.3) is 0 Å². The van der Waals surface area contributed by atoms with Gasteiger partial charge in [-0.25, -0.2) is 4.79 Å². The minimum Gasteiger partial charge on any atom is -0.334 e. The summed E-state index contributed by atoms with van der Waals surface area (Å²) in [5.74, 6) is 0.0489. The number of hydrogen-bond acceptors (Lipinski definition) is 4. The second-order valence-electron chi connectivity index (χ2n) is 6.37. The molecule has 2 N–H and O–H groups in total. The van der Waals surface area contributed by atoms with Crippen molar-refractivity contribution in [2.24, 2.45) is 0 Å². The number of hydrogen-bond donors (Lipinski definition) is 2. The summed E-state index contributed by atoms with van der Waals surface area (Å²) in [5.41, 5.74) is 4.34. The number of carbonyl (C=O) groups excluding carboxylic acids is 2. The van der Waals surface area contributed by atoms with E-state index < -0.39 is 0 Å². The summed E-state index contributed by atoms with van der Waals surface area (Å²) in [7, 11) is 0. The zero-order chi connectivity index (χ0) is 19.8. The Kier molecular flexibility index (Phi) is 6.46. The first-order valence-corrected chi connectivity index (χ1v) is 9.15. The lowest BCUT2D eigenvalue weighted by Gasteiger charge is -2.08. The predicted octanol–water partition coefficient (Wildman–Crippen LogP) is 3.98. The molecule has 142 valence electrons. The van der Waals surface area contributed by atoms with Gasteiger partial charge in [0.1, 0.15) is 5.69 Å². The smallest absolute Gasteiger partial charge is 0.319 e. The van der Waals surface area contributed by atoms with E-state index in [9.17, 15) is 9.59 Å². The van der Waals surface area contributed by atoms with Crippen molar-refractivity contribution in [3.05, 3.63) is 89.5 Å². The van der Waals surface area contributed by atoms with Crippen molar-refractivity contribution >= 4 is 17.5 Å². The first kappa shape index (κ1) is 19.2. The van der Waals surface area contributed by atoms with E-state index in [1.54, 1.807) is 30.7 Å². The van der Waals surface area contributed by atoms with Crippen LogP contribution in [0.1, 0.15) is 40.5 Å². The Morgan fingerprint density at radius 1 is 0.964 bits per heavy atom. The number of aromatic nitrogens is 2. The largest absolute Gasteiger partial charge is 0.334 e. The Hall–Kier alpha value is -3.54. The van der Waals surface area contributed by atoms with Gasteiger partial charge in [0.05, 0.1) is 11.9 Å². The van der Waals surface area contributed by atoms with E-state index in [1.165, 1.54) is 0 Å². The highest BCUT2D eigenvalue weighted by molar-refractivity contribution is 5.94. The molecule has 0 bridgehead atoms. The Bertz CT molecular complexity index is 940. The summed E-state index contributed by atoms with van der Waals surface area (Å²) in [6, 6.07) is 15.1. The third-order valence-electron chi connectivity index (χ3n) is 4.23. The lowest BCUT2D eigenvalue weighted by molar-refractivity contribution is 0.0983. The number of benzene rings is 1. The third-order valence-corrected chi connectivity index (χ3v) is 4.23. The van der Waals surface area contributed by atoms with Gasteiger partial charge in [-0.1, -0.05) is 31.2 Å². The molecule has 3 aromatic rings. The average Bonchev–Trinajstić information content (AvgIpc) is 2.73. The van der Waals surface area contributed by atoms with E-state index in [1.807, 2.05) is 43.3 Å². The highest BCUT2D eigenvalue weighted by Gasteiger charge is 2.06. The SMILES string of the molecule is CCC(=O)c1cc(Cc2ccc(CNC(=O)Nc3cccnc3)cc2)ccn1. The van der Waals surface area contributed by atoms with E-state index in [2.05, 4.69) is 20.6 Å². The van der Waals surface area contributed by atoms with Crippen LogP contribution in [0.4, 0.5) is 10.5 Å². The maximum atomic E-state index is 11.9. The van der Waals surface area contributed by atoms with Crippen LogP contribution in [0.3, 0.4) is 0 Å². The number of rotatable bonds is 7. The fraction of sp³-hybridized carbons (Fsp3) is 0.182. The Morgan fingerprint density at radius 2 is 1.75 bits per heavy atom. The molecule has 2 aromatic heterocycles. The number of anilines is 1. The van der Waals surface area contributed by atoms with Crippen LogP contribution in [-0.4, -0.2) is 21.8 Å². The standard InChI is InChI=1S/C22H22N4O2/c1-2-21(27)20-13-18(9-11-24-20)12-16-5-7-17(8-6-16)14-25-22(28)26-19-4-3-10-23-15-19/h3-11,13,15H,2,12,14H2,1H3,(H2,25,26,28). The third kappa shape index (κ3) is 5.48. The van der Waals surface area contributed by atoms with E-state index in [0.29, 0.717) is 24.3 Å². The quantitative estimate of drug-likeness (QED) is 0.613. The van der Waals surface area contributed by atoms with E-state index >= 15 is 0 Å². The number of pyridine rings is 2. The van der Waals surface area contributed by atoms with Crippen LogP contribution in [-0.2, 0) is 13.0 Å². The number of nitrogens with zero attached hydrogens (tertiary/aromatic N) is 2. The van der Waals surface area contributed by atoms with Crippen molar-refractivity contribution in [2.45, 2.75) is 26.3 Å². The van der Waals surface area contributed by atoms with Gasteiger partial charge in [-0.3, -0.25) is 14.8 Å². The Balaban J connectivity index is 1.53. The molecule has 2 amide bonds.